The topological polar surface area (TPSA) is 92.6 Å². The molecule has 2 rings (SSSR count). The lowest BCUT2D eigenvalue weighted by Gasteiger charge is -2.27. The summed E-state index contributed by atoms with van der Waals surface area (Å²) in [5.74, 6) is 0.653. The van der Waals surface area contributed by atoms with E-state index in [1.165, 1.54) is 12.1 Å². The molecule has 0 unspecified atom stereocenters. The maximum Gasteiger partial charge on any atom is 0.270 e. The average Bonchev–Trinajstić information content (AvgIpc) is 2.48. The summed E-state index contributed by atoms with van der Waals surface area (Å²) < 4.78 is 11.4. The van der Waals surface area contributed by atoms with Crippen molar-refractivity contribution in [1.29, 1.82) is 0 Å². The highest BCUT2D eigenvalue weighted by Gasteiger charge is 2.24. The lowest BCUT2D eigenvalue weighted by molar-refractivity contribution is -0.384. The first-order valence-electron chi connectivity index (χ1n) is 6.69. The monoisotopic (exact) mass is 311 g/mol. The molecule has 7 nitrogen and oxygen atoms in total. The molecule has 0 saturated carbocycles. The standard InChI is InChI=1S/C13H17N3O4S/c1-2-14-12-4-3-10(16(18)19)9-11(12)13(17)15-5-7-21(20)8-6-15/h3-4,9,14H,2,5-8H2,1H3. The summed E-state index contributed by atoms with van der Waals surface area (Å²) >= 11 is 0. The molecule has 1 heterocycles. The van der Waals surface area contributed by atoms with E-state index in [2.05, 4.69) is 5.32 Å². The molecule has 0 aromatic heterocycles. The van der Waals surface area contributed by atoms with E-state index in [-0.39, 0.29) is 11.6 Å². The van der Waals surface area contributed by atoms with Crippen LogP contribution in [0.3, 0.4) is 0 Å². The Balaban J connectivity index is 2.30. The van der Waals surface area contributed by atoms with Crippen molar-refractivity contribution in [3.8, 4) is 0 Å². The first-order valence-corrected chi connectivity index (χ1v) is 8.18. The molecular weight excluding hydrogens is 294 g/mol. The quantitative estimate of drug-likeness (QED) is 0.667. The van der Waals surface area contributed by atoms with Crippen LogP contribution in [-0.4, -0.2) is 51.1 Å². The van der Waals surface area contributed by atoms with E-state index in [1.54, 1.807) is 11.0 Å². The highest BCUT2D eigenvalue weighted by atomic mass is 32.2. The fraction of sp³-hybridized carbons (Fsp3) is 0.462. The van der Waals surface area contributed by atoms with Crippen molar-refractivity contribution >= 4 is 28.1 Å². The van der Waals surface area contributed by atoms with Gasteiger partial charge < -0.3 is 10.2 Å². The lowest BCUT2D eigenvalue weighted by Crippen LogP contribution is -2.42. The fourth-order valence-corrected chi connectivity index (χ4v) is 3.23. The maximum atomic E-state index is 12.5. The molecular formula is C13H17N3O4S. The predicted molar refractivity (Wildman–Crippen MR) is 81.0 cm³/mol. The van der Waals surface area contributed by atoms with Gasteiger partial charge in [0.25, 0.3) is 11.6 Å². The fourth-order valence-electron chi connectivity index (χ4n) is 2.18. The summed E-state index contributed by atoms with van der Waals surface area (Å²) in [5.41, 5.74) is 0.763. The van der Waals surface area contributed by atoms with Gasteiger partial charge in [-0.1, -0.05) is 0 Å². The zero-order valence-electron chi connectivity index (χ0n) is 11.7. The molecule has 0 radical (unpaired) electrons. The predicted octanol–water partition coefficient (Wildman–Crippen LogP) is 1.23. The zero-order valence-corrected chi connectivity index (χ0v) is 12.5. The van der Waals surface area contributed by atoms with Crippen LogP contribution in [0, 0.1) is 10.1 Å². The molecule has 1 aromatic rings. The number of benzene rings is 1. The molecule has 1 saturated heterocycles. The van der Waals surface area contributed by atoms with Crippen molar-refractivity contribution in [2.75, 3.05) is 36.5 Å². The summed E-state index contributed by atoms with van der Waals surface area (Å²) in [6, 6.07) is 4.23. The number of amides is 1. The Bertz CT molecular complexity index is 581. The molecule has 0 spiro atoms. The van der Waals surface area contributed by atoms with Gasteiger partial charge in [0, 0.05) is 59.8 Å². The average molecular weight is 311 g/mol. The largest absolute Gasteiger partial charge is 0.385 e. The van der Waals surface area contributed by atoms with E-state index in [1.807, 2.05) is 6.92 Å². The Labute approximate surface area is 124 Å². The second-order valence-electron chi connectivity index (χ2n) is 4.66. The number of carbonyl (C=O) groups excluding carboxylic acids is 1. The molecule has 8 heteroatoms. The normalized spacial score (nSPS) is 15.8. The number of carbonyl (C=O) groups is 1. The van der Waals surface area contributed by atoms with Crippen LogP contribution < -0.4 is 5.32 Å². The Morgan fingerprint density at radius 3 is 2.67 bits per heavy atom. The minimum atomic E-state index is -0.872. The van der Waals surface area contributed by atoms with E-state index >= 15 is 0 Å². The highest BCUT2D eigenvalue weighted by Crippen LogP contribution is 2.24. The molecule has 1 aliphatic rings. The first-order chi connectivity index (χ1) is 10.0. The van der Waals surface area contributed by atoms with Gasteiger partial charge in [-0.2, -0.15) is 0 Å². The lowest BCUT2D eigenvalue weighted by atomic mass is 10.1. The van der Waals surface area contributed by atoms with Gasteiger partial charge in [0.2, 0.25) is 0 Å². The minimum Gasteiger partial charge on any atom is -0.385 e. The molecule has 21 heavy (non-hydrogen) atoms. The van der Waals surface area contributed by atoms with Gasteiger partial charge in [-0.3, -0.25) is 19.1 Å². The van der Waals surface area contributed by atoms with Crippen LogP contribution in [0.4, 0.5) is 11.4 Å². The molecule has 0 aliphatic carbocycles. The van der Waals surface area contributed by atoms with Crippen molar-refractivity contribution in [3.63, 3.8) is 0 Å². The van der Waals surface area contributed by atoms with Crippen molar-refractivity contribution < 1.29 is 13.9 Å². The van der Waals surface area contributed by atoms with Crippen molar-refractivity contribution in [1.82, 2.24) is 4.90 Å². The summed E-state index contributed by atoms with van der Waals surface area (Å²) in [5, 5.41) is 13.9. The molecule has 1 fully saturated rings. The van der Waals surface area contributed by atoms with Gasteiger partial charge in [0.05, 0.1) is 10.5 Å². The van der Waals surface area contributed by atoms with E-state index in [0.717, 1.165) is 0 Å². The van der Waals surface area contributed by atoms with Gasteiger partial charge >= 0.3 is 0 Å². The Morgan fingerprint density at radius 1 is 1.43 bits per heavy atom. The number of hydrogen-bond donors (Lipinski definition) is 1. The van der Waals surface area contributed by atoms with Crippen molar-refractivity contribution in [3.05, 3.63) is 33.9 Å². The minimum absolute atomic E-state index is 0.111. The Kier molecular flexibility index (Phi) is 4.89. The number of hydrogen-bond acceptors (Lipinski definition) is 5. The number of rotatable bonds is 4. The van der Waals surface area contributed by atoms with E-state index in [4.69, 9.17) is 0 Å². The molecule has 1 aliphatic heterocycles. The second-order valence-corrected chi connectivity index (χ2v) is 6.35. The van der Waals surface area contributed by atoms with Crippen LogP contribution in [0.5, 0.6) is 0 Å². The zero-order chi connectivity index (χ0) is 15.4. The number of anilines is 1. The molecule has 114 valence electrons. The summed E-state index contributed by atoms with van der Waals surface area (Å²) in [4.78, 5) is 24.5. The van der Waals surface area contributed by atoms with Gasteiger partial charge in [0.15, 0.2) is 0 Å². The number of nitrogens with one attached hydrogen (secondary N) is 1. The van der Waals surface area contributed by atoms with Gasteiger partial charge in [-0.15, -0.1) is 0 Å². The highest BCUT2D eigenvalue weighted by molar-refractivity contribution is 7.85. The van der Waals surface area contributed by atoms with Crippen LogP contribution in [0.15, 0.2) is 18.2 Å². The molecule has 1 aromatic carbocycles. The second kappa shape index (κ2) is 6.66. The van der Waals surface area contributed by atoms with E-state index in [9.17, 15) is 19.1 Å². The van der Waals surface area contributed by atoms with Gasteiger partial charge in [0.1, 0.15) is 0 Å². The summed E-state index contributed by atoms with van der Waals surface area (Å²) in [6.45, 7) is 3.33. The number of nitro benzene ring substituents is 1. The molecule has 1 amide bonds. The Hall–Kier alpha value is -1.96. The Morgan fingerprint density at radius 2 is 2.10 bits per heavy atom. The SMILES string of the molecule is CCNc1ccc([N+](=O)[O-])cc1C(=O)N1CCS(=O)CC1. The van der Waals surface area contributed by atoms with Crippen LogP contribution in [0.1, 0.15) is 17.3 Å². The molecule has 0 bridgehead atoms. The van der Waals surface area contributed by atoms with Crippen LogP contribution in [0.25, 0.3) is 0 Å². The third-order valence-electron chi connectivity index (χ3n) is 3.28. The third-order valence-corrected chi connectivity index (χ3v) is 4.55. The van der Waals surface area contributed by atoms with Crippen molar-refractivity contribution in [2.24, 2.45) is 0 Å². The van der Waals surface area contributed by atoms with Crippen LogP contribution >= 0.6 is 0 Å². The smallest absolute Gasteiger partial charge is 0.270 e. The van der Waals surface area contributed by atoms with E-state index < -0.39 is 15.7 Å². The van der Waals surface area contributed by atoms with Crippen LogP contribution in [0.2, 0.25) is 0 Å². The molecule has 0 atom stereocenters. The molecule has 1 N–H and O–H groups in total. The number of non-ortho nitro benzene ring substituents is 1. The number of nitrogens with zero attached hydrogens (tertiary/aromatic N) is 2. The first kappa shape index (κ1) is 15.4. The van der Waals surface area contributed by atoms with Crippen molar-refractivity contribution in [2.45, 2.75) is 6.92 Å². The summed E-state index contributed by atoms with van der Waals surface area (Å²) in [6.07, 6.45) is 0. The summed E-state index contributed by atoms with van der Waals surface area (Å²) in [7, 11) is -0.872. The van der Waals surface area contributed by atoms with Gasteiger partial charge in [-0.25, -0.2) is 0 Å². The van der Waals surface area contributed by atoms with Gasteiger partial charge in [-0.05, 0) is 13.0 Å². The van der Waals surface area contributed by atoms with Crippen LogP contribution in [-0.2, 0) is 10.8 Å². The third kappa shape index (κ3) is 3.57. The number of nitro groups is 1. The van der Waals surface area contributed by atoms with E-state index in [0.29, 0.717) is 42.4 Å². The maximum absolute atomic E-state index is 12.5.